The molecular formula is C35H38. The minimum absolute atomic E-state index is 1.26. The molecule has 178 valence electrons. The van der Waals surface area contributed by atoms with E-state index in [2.05, 4.69) is 128 Å². The lowest BCUT2D eigenvalue weighted by molar-refractivity contribution is 1.47. The Balaban J connectivity index is 0.000000233. The van der Waals surface area contributed by atoms with Crippen molar-refractivity contribution in [3.8, 4) is 33.4 Å². The van der Waals surface area contributed by atoms with Gasteiger partial charge < -0.3 is 0 Å². The van der Waals surface area contributed by atoms with E-state index in [1.807, 2.05) is 45.9 Å². The predicted molar refractivity (Wildman–Crippen MR) is 157 cm³/mol. The van der Waals surface area contributed by atoms with Gasteiger partial charge >= 0.3 is 0 Å². The SMILES string of the molecule is CC.CC.Cc1cccc(-c2ccc(-c3ccccc3)cc2)c1.c1ccc(-c2ccccc2)cc1. The first-order valence-electron chi connectivity index (χ1n) is 12.6. The van der Waals surface area contributed by atoms with Gasteiger partial charge in [-0.15, -0.1) is 0 Å². The highest BCUT2D eigenvalue weighted by Crippen LogP contribution is 2.25. The summed E-state index contributed by atoms with van der Waals surface area (Å²) in [6.07, 6.45) is 0. The molecule has 0 saturated carbocycles. The lowest BCUT2D eigenvalue weighted by Crippen LogP contribution is -1.81. The van der Waals surface area contributed by atoms with E-state index < -0.39 is 0 Å². The van der Waals surface area contributed by atoms with Crippen molar-refractivity contribution in [3.63, 3.8) is 0 Å². The van der Waals surface area contributed by atoms with E-state index in [0.717, 1.165) is 0 Å². The summed E-state index contributed by atoms with van der Waals surface area (Å²) in [6.45, 7) is 10.1. The molecule has 0 aromatic heterocycles. The highest BCUT2D eigenvalue weighted by molar-refractivity contribution is 5.70. The molecule has 0 amide bonds. The Morgan fingerprint density at radius 1 is 0.286 bits per heavy atom. The van der Waals surface area contributed by atoms with Crippen LogP contribution in [0.2, 0.25) is 0 Å². The molecule has 5 aromatic carbocycles. The van der Waals surface area contributed by atoms with Crippen LogP contribution in [-0.4, -0.2) is 0 Å². The third-order valence-corrected chi connectivity index (χ3v) is 5.22. The topological polar surface area (TPSA) is 0 Å². The first-order chi connectivity index (χ1) is 17.3. The predicted octanol–water partition coefficient (Wildman–Crippen LogP) is 10.7. The van der Waals surface area contributed by atoms with E-state index in [9.17, 15) is 0 Å². The van der Waals surface area contributed by atoms with E-state index in [1.54, 1.807) is 0 Å². The molecule has 0 aliphatic rings. The van der Waals surface area contributed by atoms with Crippen LogP contribution in [0.1, 0.15) is 33.3 Å². The van der Waals surface area contributed by atoms with Crippen LogP contribution < -0.4 is 0 Å². The first kappa shape index (κ1) is 27.3. The van der Waals surface area contributed by atoms with Crippen molar-refractivity contribution >= 4 is 0 Å². The molecule has 0 heteroatoms. The second-order valence-electron chi connectivity index (χ2n) is 7.54. The molecule has 0 aliphatic carbocycles. The Bertz CT molecular complexity index is 1150. The van der Waals surface area contributed by atoms with E-state index >= 15 is 0 Å². The molecule has 0 heterocycles. The van der Waals surface area contributed by atoms with Gasteiger partial charge in [0.15, 0.2) is 0 Å². The summed E-state index contributed by atoms with van der Waals surface area (Å²) in [5.41, 5.74) is 8.92. The van der Waals surface area contributed by atoms with Gasteiger partial charge in [-0.3, -0.25) is 0 Å². The van der Waals surface area contributed by atoms with E-state index in [4.69, 9.17) is 0 Å². The number of hydrogen-bond acceptors (Lipinski definition) is 0. The lowest BCUT2D eigenvalue weighted by atomic mass is 9.99. The highest BCUT2D eigenvalue weighted by atomic mass is 14.0. The molecule has 0 unspecified atom stereocenters. The third kappa shape index (κ3) is 8.76. The summed E-state index contributed by atoms with van der Waals surface area (Å²) in [4.78, 5) is 0. The third-order valence-electron chi connectivity index (χ3n) is 5.22. The van der Waals surface area contributed by atoms with Crippen LogP contribution in [0.25, 0.3) is 33.4 Å². The molecule has 35 heavy (non-hydrogen) atoms. The van der Waals surface area contributed by atoms with Gasteiger partial charge in [-0.1, -0.05) is 173 Å². The lowest BCUT2D eigenvalue weighted by Gasteiger charge is -2.05. The molecule has 0 nitrogen and oxygen atoms in total. The fourth-order valence-corrected chi connectivity index (χ4v) is 3.57. The van der Waals surface area contributed by atoms with Gasteiger partial charge in [0.05, 0.1) is 0 Å². The average molecular weight is 459 g/mol. The Hall–Kier alpha value is -3.90. The fraction of sp³-hybridized carbons (Fsp3) is 0.143. The van der Waals surface area contributed by atoms with Gasteiger partial charge in [-0.25, -0.2) is 0 Å². The standard InChI is InChI=1S/C19H16.C12H10.2C2H6/c1-15-6-5-9-19(14-15)18-12-10-17(11-13-18)16-7-3-2-4-8-16;1-3-7-11(8-4-1)12-9-5-2-6-10-12;2*1-2/h2-14H,1H3;1-10H;2*1-2H3. The number of rotatable bonds is 3. The van der Waals surface area contributed by atoms with Gasteiger partial charge in [-0.05, 0) is 40.3 Å². The number of aryl methyl sites for hydroxylation is 1. The van der Waals surface area contributed by atoms with Crippen molar-refractivity contribution in [2.75, 3.05) is 0 Å². The largest absolute Gasteiger partial charge is 0.0683 e. The van der Waals surface area contributed by atoms with Crippen LogP contribution in [0.15, 0.2) is 140 Å². The van der Waals surface area contributed by atoms with Gasteiger partial charge in [-0.2, -0.15) is 0 Å². The minimum Gasteiger partial charge on any atom is -0.0683 e. The van der Waals surface area contributed by atoms with Crippen molar-refractivity contribution in [2.45, 2.75) is 34.6 Å². The summed E-state index contributed by atoms with van der Waals surface area (Å²) in [5.74, 6) is 0. The second kappa shape index (κ2) is 15.9. The van der Waals surface area contributed by atoms with Crippen LogP contribution in [0.4, 0.5) is 0 Å². The van der Waals surface area contributed by atoms with E-state index in [1.165, 1.54) is 38.9 Å². The summed E-state index contributed by atoms with van der Waals surface area (Å²) in [5, 5.41) is 0. The fourth-order valence-electron chi connectivity index (χ4n) is 3.57. The van der Waals surface area contributed by atoms with Crippen LogP contribution >= 0.6 is 0 Å². The summed E-state index contributed by atoms with van der Waals surface area (Å²) < 4.78 is 0. The van der Waals surface area contributed by atoms with Crippen molar-refractivity contribution in [1.82, 2.24) is 0 Å². The average Bonchev–Trinajstić information content (AvgIpc) is 2.97. The van der Waals surface area contributed by atoms with Crippen molar-refractivity contribution in [2.24, 2.45) is 0 Å². The molecule has 0 spiro atoms. The van der Waals surface area contributed by atoms with Gasteiger partial charge in [0.25, 0.3) is 0 Å². The Morgan fingerprint density at radius 3 is 0.914 bits per heavy atom. The summed E-state index contributed by atoms with van der Waals surface area (Å²) in [7, 11) is 0. The van der Waals surface area contributed by atoms with Crippen molar-refractivity contribution in [1.29, 1.82) is 0 Å². The molecule has 0 N–H and O–H groups in total. The normalized spacial score (nSPS) is 9.29. The van der Waals surface area contributed by atoms with Crippen LogP contribution in [-0.2, 0) is 0 Å². The zero-order valence-corrected chi connectivity index (χ0v) is 21.8. The van der Waals surface area contributed by atoms with Crippen molar-refractivity contribution in [3.05, 3.63) is 145 Å². The molecule has 5 aromatic rings. The smallest absolute Gasteiger partial charge is 0.0181 e. The molecule has 5 rings (SSSR count). The van der Waals surface area contributed by atoms with Gasteiger partial charge in [0, 0.05) is 0 Å². The van der Waals surface area contributed by atoms with Crippen LogP contribution in [0, 0.1) is 6.92 Å². The quantitative estimate of drug-likeness (QED) is 0.252. The molecular weight excluding hydrogens is 420 g/mol. The maximum absolute atomic E-state index is 2.22. The minimum atomic E-state index is 1.26. The Kier molecular flexibility index (Phi) is 12.4. The monoisotopic (exact) mass is 458 g/mol. The zero-order chi connectivity index (χ0) is 25.3. The van der Waals surface area contributed by atoms with E-state index in [0.29, 0.717) is 0 Å². The number of benzene rings is 5. The second-order valence-corrected chi connectivity index (χ2v) is 7.54. The Labute approximate surface area is 213 Å². The molecule has 0 radical (unpaired) electrons. The maximum Gasteiger partial charge on any atom is -0.0181 e. The van der Waals surface area contributed by atoms with Crippen LogP contribution in [0.3, 0.4) is 0 Å². The Morgan fingerprint density at radius 2 is 0.571 bits per heavy atom. The molecule has 0 atom stereocenters. The molecule has 0 aliphatic heterocycles. The summed E-state index contributed by atoms with van der Waals surface area (Å²) in [6, 6.07) is 48.6. The number of hydrogen-bond donors (Lipinski definition) is 0. The van der Waals surface area contributed by atoms with Crippen LogP contribution in [0.5, 0.6) is 0 Å². The zero-order valence-electron chi connectivity index (χ0n) is 21.8. The maximum atomic E-state index is 2.22. The van der Waals surface area contributed by atoms with E-state index in [-0.39, 0.29) is 0 Å². The van der Waals surface area contributed by atoms with Gasteiger partial charge in [0.1, 0.15) is 0 Å². The molecule has 0 saturated heterocycles. The highest BCUT2D eigenvalue weighted by Gasteiger charge is 2.00. The summed E-state index contributed by atoms with van der Waals surface area (Å²) >= 11 is 0. The molecule has 0 fully saturated rings. The van der Waals surface area contributed by atoms with Gasteiger partial charge in [0.2, 0.25) is 0 Å². The first-order valence-corrected chi connectivity index (χ1v) is 12.6. The molecule has 0 bridgehead atoms. The van der Waals surface area contributed by atoms with Crippen molar-refractivity contribution < 1.29 is 0 Å².